The third-order valence-corrected chi connectivity index (χ3v) is 3.37. The molecular weight excluding hydrogens is 264 g/mol. The highest BCUT2D eigenvalue weighted by molar-refractivity contribution is 5.90. The van der Waals surface area contributed by atoms with Crippen molar-refractivity contribution >= 4 is 11.7 Å². The normalized spacial score (nSPS) is 10.2. The second-order valence-corrected chi connectivity index (χ2v) is 4.75. The molecule has 2 rings (SSSR count). The molecule has 4 heteroatoms. The van der Waals surface area contributed by atoms with Crippen LogP contribution in [0, 0.1) is 0 Å². The Morgan fingerprint density at radius 2 is 1.62 bits per heavy atom. The van der Waals surface area contributed by atoms with Crippen molar-refractivity contribution in [1.82, 2.24) is 5.32 Å². The molecule has 0 bridgehead atoms. The van der Waals surface area contributed by atoms with Gasteiger partial charge < -0.3 is 15.7 Å². The number of aliphatic hydroxyl groups is 1. The van der Waals surface area contributed by atoms with Crippen molar-refractivity contribution in [3.63, 3.8) is 0 Å². The van der Waals surface area contributed by atoms with Gasteiger partial charge in [0.05, 0.1) is 6.61 Å². The summed E-state index contributed by atoms with van der Waals surface area (Å²) in [6.45, 7) is 2.41. The quantitative estimate of drug-likeness (QED) is 0.790. The molecule has 0 atom stereocenters. The maximum absolute atomic E-state index is 12.0. The number of rotatable bonds is 5. The third kappa shape index (κ3) is 4.07. The van der Waals surface area contributed by atoms with Crippen molar-refractivity contribution in [3.8, 4) is 0 Å². The average molecular weight is 284 g/mol. The molecule has 0 saturated carbocycles. The zero-order valence-electron chi connectivity index (χ0n) is 12.1. The molecule has 0 spiro atoms. The van der Waals surface area contributed by atoms with Crippen molar-refractivity contribution in [2.24, 2.45) is 0 Å². The molecule has 2 amide bonds. The number of hydrogen-bond acceptors (Lipinski definition) is 2. The van der Waals surface area contributed by atoms with E-state index in [1.54, 1.807) is 0 Å². The van der Waals surface area contributed by atoms with Crippen LogP contribution < -0.4 is 10.6 Å². The van der Waals surface area contributed by atoms with E-state index in [-0.39, 0.29) is 12.6 Å². The highest BCUT2D eigenvalue weighted by Gasteiger charge is 2.06. The standard InChI is InChI=1S/C17H20N2O2/c1-2-13-7-5-6-10-16(13)19-17(21)18-11-14-8-3-4-9-15(14)12-20/h3-10,20H,2,11-12H2,1H3,(H2,18,19,21). The van der Waals surface area contributed by atoms with E-state index in [4.69, 9.17) is 0 Å². The Bertz CT molecular complexity index is 611. The lowest BCUT2D eigenvalue weighted by Crippen LogP contribution is -2.29. The summed E-state index contributed by atoms with van der Waals surface area (Å²) < 4.78 is 0. The first kappa shape index (κ1) is 15.1. The van der Waals surface area contributed by atoms with E-state index in [0.29, 0.717) is 6.54 Å². The Kier molecular flexibility index (Phi) is 5.35. The van der Waals surface area contributed by atoms with Gasteiger partial charge >= 0.3 is 6.03 Å². The number of carbonyl (C=O) groups is 1. The maximum atomic E-state index is 12.0. The summed E-state index contributed by atoms with van der Waals surface area (Å²) in [6, 6.07) is 15.0. The number of aliphatic hydroxyl groups excluding tert-OH is 1. The highest BCUT2D eigenvalue weighted by Crippen LogP contribution is 2.15. The molecule has 0 heterocycles. The summed E-state index contributed by atoms with van der Waals surface area (Å²) in [5.74, 6) is 0. The summed E-state index contributed by atoms with van der Waals surface area (Å²) in [6.07, 6.45) is 0.865. The predicted molar refractivity (Wildman–Crippen MR) is 84.0 cm³/mol. The van der Waals surface area contributed by atoms with Crippen molar-refractivity contribution in [2.75, 3.05) is 5.32 Å². The van der Waals surface area contributed by atoms with Gasteiger partial charge in [-0.25, -0.2) is 4.79 Å². The molecule has 2 aromatic carbocycles. The number of aryl methyl sites for hydroxylation is 1. The number of benzene rings is 2. The van der Waals surface area contributed by atoms with Gasteiger partial charge in [-0.05, 0) is 29.2 Å². The summed E-state index contributed by atoms with van der Waals surface area (Å²) in [4.78, 5) is 12.0. The lowest BCUT2D eigenvalue weighted by Gasteiger charge is -2.12. The van der Waals surface area contributed by atoms with Crippen molar-refractivity contribution in [3.05, 3.63) is 65.2 Å². The van der Waals surface area contributed by atoms with Crippen LogP contribution in [0.2, 0.25) is 0 Å². The molecule has 4 nitrogen and oxygen atoms in total. The van der Waals surface area contributed by atoms with Gasteiger partial charge in [-0.2, -0.15) is 0 Å². The third-order valence-electron chi connectivity index (χ3n) is 3.37. The van der Waals surface area contributed by atoms with Gasteiger partial charge in [0.25, 0.3) is 0 Å². The smallest absolute Gasteiger partial charge is 0.319 e. The van der Waals surface area contributed by atoms with Gasteiger partial charge in [0.2, 0.25) is 0 Å². The maximum Gasteiger partial charge on any atom is 0.319 e. The fourth-order valence-electron chi connectivity index (χ4n) is 2.18. The number of para-hydroxylation sites is 1. The van der Waals surface area contributed by atoms with Gasteiger partial charge in [-0.1, -0.05) is 49.4 Å². The number of amides is 2. The zero-order chi connectivity index (χ0) is 15.1. The number of urea groups is 1. The van der Waals surface area contributed by atoms with Crippen LogP contribution in [0.25, 0.3) is 0 Å². The first-order chi connectivity index (χ1) is 10.2. The van der Waals surface area contributed by atoms with Gasteiger partial charge in [-0.3, -0.25) is 0 Å². The van der Waals surface area contributed by atoms with Crippen LogP contribution in [-0.4, -0.2) is 11.1 Å². The first-order valence-electron chi connectivity index (χ1n) is 7.05. The molecule has 0 fully saturated rings. The van der Waals surface area contributed by atoms with Crippen LogP contribution in [0.4, 0.5) is 10.5 Å². The summed E-state index contributed by atoms with van der Waals surface area (Å²) in [7, 11) is 0. The van der Waals surface area contributed by atoms with E-state index in [9.17, 15) is 9.90 Å². The van der Waals surface area contributed by atoms with E-state index in [0.717, 1.165) is 28.8 Å². The fourth-order valence-corrected chi connectivity index (χ4v) is 2.18. The second kappa shape index (κ2) is 7.45. The Hall–Kier alpha value is -2.33. The molecule has 3 N–H and O–H groups in total. The highest BCUT2D eigenvalue weighted by atomic mass is 16.3. The second-order valence-electron chi connectivity index (χ2n) is 4.75. The van der Waals surface area contributed by atoms with Gasteiger partial charge in [0.1, 0.15) is 0 Å². The summed E-state index contributed by atoms with van der Waals surface area (Å²) in [5.41, 5.74) is 3.67. The molecule has 2 aromatic rings. The van der Waals surface area contributed by atoms with E-state index in [1.165, 1.54) is 0 Å². The minimum atomic E-state index is -0.247. The monoisotopic (exact) mass is 284 g/mol. The van der Waals surface area contributed by atoms with E-state index in [1.807, 2.05) is 48.5 Å². The molecular formula is C17H20N2O2. The fraction of sp³-hybridized carbons (Fsp3) is 0.235. The average Bonchev–Trinajstić information content (AvgIpc) is 2.53. The Morgan fingerprint density at radius 1 is 1.00 bits per heavy atom. The minimum Gasteiger partial charge on any atom is -0.392 e. The van der Waals surface area contributed by atoms with E-state index < -0.39 is 0 Å². The van der Waals surface area contributed by atoms with Crippen molar-refractivity contribution in [1.29, 1.82) is 0 Å². The SMILES string of the molecule is CCc1ccccc1NC(=O)NCc1ccccc1CO. The molecule has 0 aliphatic carbocycles. The molecule has 0 aliphatic rings. The van der Waals surface area contributed by atoms with Crippen molar-refractivity contribution < 1.29 is 9.90 Å². The summed E-state index contributed by atoms with van der Waals surface area (Å²) in [5, 5.41) is 14.9. The van der Waals surface area contributed by atoms with Crippen LogP contribution in [0.5, 0.6) is 0 Å². The van der Waals surface area contributed by atoms with Crippen LogP contribution in [0.15, 0.2) is 48.5 Å². The number of nitrogens with one attached hydrogen (secondary N) is 2. The molecule has 110 valence electrons. The predicted octanol–water partition coefficient (Wildman–Crippen LogP) is 3.06. The van der Waals surface area contributed by atoms with Gasteiger partial charge in [0.15, 0.2) is 0 Å². The molecule has 21 heavy (non-hydrogen) atoms. The number of anilines is 1. The lowest BCUT2D eigenvalue weighted by molar-refractivity contribution is 0.251. The molecule has 0 unspecified atom stereocenters. The van der Waals surface area contributed by atoms with Gasteiger partial charge in [0, 0.05) is 12.2 Å². The molecule has 0 radical (unpaired) electrons. The minimum absolute atomic E-state index is 0.0296. The van der Waals surface area contributed by atoms with Crippen LogP contribution in [0.1, 0.15) is 23.6 Å². The molecule has 0 aromatic heterocycles. The first-order valence-corrected chi connectivity index (χ1v) is 7.05. The van der Waals surface area contributed by atoms with E-state index in [2.05, 4.69) is 17.6 Å². The Morgan fingerprint density at radius 3 is 2.29 bits per heavy atom. The summed E-state index contributed by atoms with van der Waals surface area (Å²) >= 11 is 0. The van der Waals surface area contributed by atoms with Crippen LogP contribution in [0.3, 0.4) is 0 Å². The van der Waals surface area contributed by atoms with E-state index >= 15 is 0 Å². The molecule has 0 saturated heterocycles. The molecule has 0 aliphatic heterocycles. The zero-order valence-corrected chi connectivity index (χ0v) is 12.1. The van der Waals surface area contributed by atoms with Crippen molar-refractivity contribution in [2.45, 2.75) is 26.5 Å². The van der Waals surface area contributed by atoms with Crippen LogP contribution >= 0.6 is 0 Å². The van der Waals surface area contributed by atoms with Gasteiger partial charge in [-0.15, -0.1) is 0 Å². The van der Waals surface area contributed by atoms with Crippen LogP contribution in [-0.2, 0) is 19.6 Å². The Labute approximate surface area is 124 Å². The topological polar surface area (TPSA) is 61.4 Å². The number of hydrogen-bond donors (Lipinski definition) is 3. The Balaban J connectivity index is 1.96. The number of carbonyl (C=O) groups excluding carboxylic acids is 1. The lowest BCUT2D eigenvalue weighted by atomic mass is 10.1. The largest absolute Gasteiger partial charge is 0.392 e.